The Balaban J connectivity index is 1.97. The van der Waals surface area contributed by atoms with Crippen molar-refractivity contribution in [2.45, 2.75) is 51.3 Å². The Labute approximate surface area is 182 Å². The lowest BCUT2D eigenvalue weighted by Crippen LogP contribution is -2.28. The van der Waals surface area contributed by atoms with Crippen LogP contribution in [0.1, 0.15) is 54.4 Å². The quantitative estimate of drug-likeness (QED) is 0.607. The van der Waals surface area contributed by atoms with Crippen molar-refractivity contribution in [3.8, 4) is 5.75 Å². The van der Waals surface area contributed by atoms with Gasteiger partial charge in [-0.3, -0.25) is 4.72 Å². The van der Waals surface area contributed by atoms with E-state index in [1.807, 2.05) is 0 Å². The Hall–Kier alpha value is -2.06. The summed E-state index contributed by atoms with van der Waals surface area (Å²) in [5.74, 6) is 0.554. The van der Waals surface area contributed by atoms with E-state index in [4.69, 9.17) is 9.47 Å². The Morgan fingerprint density at radius 3 is 2.47 bits per heavy atom. The molecule has 2 aromatic rings. The van der Waals surface area contributed by atoms with Crippen LogP contribution in [-0.4, -0.2) is 28.6 Å². The van der Waals surface area contributed by atoms with E-state index in [0.717, 1.165) is 36.1 Å². The van der Waals surface area contributed by atoms with Gasteiger partial charge in [-0.05, 0) is 60.4 Å². The molecule has 0 aliphatic heterocycles. The van der Waals surface area contributed by atoms with Gasteiger partial charge in [0.1, 0.15) is 10.8 Å². The molecule has 0 spiro atoms. The van der Waals surface area contributed by atoms with Crippen molar-refractivity contribution >= 4 is 32.3 Å². The van der Waals surface area contributed by atoms with E-state index in [9.17, 15) is 13.2 Å². The van der Waals surface area contributed by atoms with Crippen LogP contribution in [0.3, 0.4) is 0 Å². The highest BCUT2D eigenvalue weighted by Crippen LogP contribution is 2.46. The fourth-order valence-electron chi connectivity index (χ4n) is 3.87. The van der Waals surface area contributed by atoms with Crippen molar-refractivity contribution in [1.82, 2.24) is 0 Å². The van der Waals surface area contributed by atoms with Gasteiger partial charge in [-0.1, -0.05) is 27.2 Å². The summed E-state index contributed by atoms with van der Waals surface area (Å²) in [5.41, 5.74) is 1.46. The van der Waals surface area contributed by atoms with Gasteiger partial charge >= 0.3 is 5.97 Å². The zero-order chi connectivity index (χ0) is 22.1. The third-order valence-corrected chi connectivity index (χ3v) is 8.93. The Kier molecular flexibility index (Phi) is 6.48. The molecule has 164 valence electrons. The number of carbonyl (C=O) groups is 1. The number of fused-ring (bicyclic) bond motifs is 1. The predicted molar refractivity (Wildman–Crippen MR) is 119 cm³/mol. The van der Waals surface area contributed by atoms with Gasteiger partial charge in [0, 0.05) is 4.88 Å². The van der Waals surface area contributed by atoms with Gasteiger partial charge < -0.3 is 9.47 Å². The highest BCUT2D eigenvalue weighted by molar-refractivity contribution is 7.93. The number of rotatable bonds is 7. The van der Waals surface area contributed by atoms with Crippen LogP contribution in [0.25, 0.3) is 0 Å². The number of sulfonamides is 1. The molecular formula is C22H29NO5S2. The summed E-state index contributed by atoms with van der Waals surface area (Å²) < 4.78 is 38.6. The zero-order valence-electron chi connectivity index (χ0n) is 18.1. The Morgan fingerprint density at radius 2 is 1.90 bits per heavy atom. The molecule has 30 heavy (non-hydrogen) atoms. The lowest BCUT2D eigenvalue weighted by molar-refractivity contribution is 0.0600. The minimum absolute atomic E-state index is 0.107. The van der Waals surface area contributed by atoms with E-state index >= 15 is 0 Å². The molecule has 1 aromatic carbocycles. The standard InChI is InChI=1S/C22H29NO5S2/c1-6-22(2,3)14-7-12-17-18(13-14)29-20(19(17)21(24)28-5)23-30(25,26)16-10-8-15(27-4)9-11-16/h8-11,14,23H,6-7,12-13H2,1-5H3. The van der Waals surface area contributed by atoms with E-state index in [1.54, 1.807) is 12.1 Å². The first-order valence-corrected chi connectivity index (χ1v) is 12.3. The first kappa shape index (κ1) is 22.6. The van der Waals surface area contributed by atoms with Crippen LogP contribution in [0.15, 0.2) is 29.2 Å². The summed E-state index contributed by atoms with van der Waals surface area (Å²) in [4.78, 5) is 13.7. The van der Waals surface area contributed by atoms with E-state index in [1.165, 1.54) is 37.7 Å². The number of ether oxygens (including phenoxy) is 2. The maximum absolute atomic E-state index is 12.9. The maximum atomic E-state index is 12.9. The van der Waals surface area contributed by atoms with Crippen molar-refractivity contribution in [3.05, 3.63) is 40.3 Å². The van der Waals surface area contributed by atoms with Crippen LogP contribution < -0.4 is 9.46 Å². The molecule has 0 bridgehead atoms. The average molecular weight is 452 g/mol. The second-order valence-corrected chi connectivity index (χ2v) is 11.0. The SMILES string of the molecule is CCC(C)(C)C1CCc2c(sc(NS(=O)(=O)c3ccc(OC)cc3)c2C(=O)OC)C1. The minimum atomic E-state index is -3.85. The van der Waals surface area contributed by atoms with Gasteiger partial charge in [-0.2, -0.15) is 0 Å². The topological polar surface area (TPSA) is 81.7 Å². The third kappa shape index (κ3) is 4.34. The lowest BCUT2D eigenvalue weighted by Gasteiger charge is -2.36. The number of carbonyl (C=O) groups excluding carboxylic acids is 1. The van der Waals surface area contributed by atoms with Crippen molar-refractivity contribution in [2.75, 3.05) is 18.9 Å². The van der Waals surface area contributed by atoms with Gasteiger partial charge in [0.05, 0.1) is 24.7 Å². The summed E-state index contributed by atoms with van der Waals surface area (Å²) in [5, 5.41) is 0.331. The molecule has 1 atom stereocenters. The van der Waals surface area contributed by atoms with Crippen LogP contribution in [0.2, 0.25) is 0 Å². The van der Waals surface area contributed by atoms with Crippen molar-refractivity contribution in [3.63, 3.8) is 0 Å². The van der Waals surface area contributed by atoms with Crippen LogP contribution in [-0.2, 0) is 27.6 Å². The van der Waals surface area contributed by atoms with Gasteiger partial charge in [0.15, 0.2) is 0 Å². The zero-order valence-corrected chi connectivity index (χ0v) is 19.7. The number of thiophene rings is 1. The van der Waals surface area contributed by atoms with Crippen molar-refractivity contribution in [2.24, 2.45) is 11.3 Å². The number of nitrogens with one attached hydrogen (secondary N) is 1. The fraction of sp³-hybridized carbons (Fsp3) is 0.500. The molecule has 1 unspecified atom stereocenters. The lowest BCUT2D eigenvalue weighted by atomic mass is 9.69. The number of hydrogen-bond donors (Lipinski definition) is 1. The second-order valence-electron chi connectivity index (χ2n) is 8.26. The number of benzene rings is 1. The third-order valence-electron chi connectivity index (χ3n) is 6.27. The highest BCUT2D eigenvalue weighted by atomic mass is 32.2. The molecule has 6 nitrogen and oxygen atoms in total. The number of esters is 1. The molecule has 1 aliphatic rings. The maximum Gasteiger partial charge on any atom is 0.341 e. The normalized spacial score (nSPS) is 16.6. The summed E-state index contributed by atoms with van der Waals surface area (Å²) in [6.07, 6.45) is 3.63. The van der Waals surface area contributed by atoms with Gasteiger partial charge in [0.2, 0.25) is 0 Å². The number of hydrogen-bond acceptors (Lipinski definition) is 6. The summed E-state index contributed by atoms with van der Waals surface area (Å²) in [6, 6.07) is 6.14. The predicted octanol–water partition coefficient (Wildman–Crippen LogP) is 4.89. The number of methoxy groups -OCH3 is 2. The van der Waals surface area contributed by atoms with E-state index in [0.29, 0.717) is 22.2 Å². The molecule has 0 amide bonds. The van der Waals surface area contributed by atoms with Crippen LogP contribution in [0.5, 0.6) is 5.75 Å². The molecule has 1 aliphatic carbocycles. The fourth-order valence-corrected chi connectivity index (χ4v) is 6.49. The van der Waals surface area contributed by atoms with Gasteiger partial charge in [-0.25, -0.2) is 13.2 Å². The van der Waals surface area contributed by atoms with Crippen LogP contribution >= 0.6 is 11.3 Å². The first-order valence-electron chi connectivity index (χ1n) is 10.0. The molecule has 0 saturated heterocycles. The van der Waals surface area contributed by atoms with E-state index in [2.05, 4.69) is 25.5 Å². The average Bonchev–Trinajstić information content (AvgIpc) is 3.09. The smallest absolute Gasteiger partial charge is 0.341 e. The summed E-state index contributed by atoms with van der Waals surface area (Å²) in [7, 11) is -1.01. The number of anilines is 1. The summed E-state index contributed by atoms with van der Waals surface area (Å²) in [6.45, 7) is 6.73. The molecule has 0 radical (unpaired) electrons. The molecule has 8 heteroatoms. The Bertz CT molecular complexity index is 1020. The molecule has 1 N–H and O–H groups in total. The first-order chi connectivity index (χ1) is 14.1. The molecule has 3 rings (SSSR count). The van der Waals surface area contributed by atoms with Crippen LogP contribution in [0, 0.1) is 11.3 Å². The van der Waals surface area contributed by atoms with Gasteiger partial charge in [-0.15, -0.1) is 11.3 Å². The molecular weight excluding hydrogens is 422 g/mol. The van der Waals surface area contributed by atoms with E-state index in [-0.39, 0.29) is 10.3 Å². The van der Waals surface area contributed by atoms with Gasteiger partial charge in [0.25, 0.3) is 10.0 Å². The molecule has 1 aromatic heterocycles. The minimum Gasteiger partial charge on any atom is -0.497 e. The summed E-state index contributed by atoms with van der Waals surface area (Å²) >= 11 is 1.35. The molecule has 0 fully saturated rings. The second kappa shape index (κ2) is 8.59. The highest BCUT2D eigenvalue weighted by Gasteiger charge is 2.36. The van der Waals surface area contributed by atoms with Crippen molar-refractivity contribution in [1.29, 1.82) is 0 Å². The molecule has 1 heterocycles. The Morgan fingerprint density at radius 1 is 1.23 bits per heavy atom. The molecule has 0 saturated carbocycles. The largest absolute Gasteiger partial charge is 0.497 e. The van der Waals surface area contributed by atoms with E-state index < -0.39 is 16.0 Å². The van der Waals surface area contributed by atoms with Crippen LogP contribution in [0.4, 0.5) is 5.00 Å². The monoisotopic (exact) mass is 451 g/mol. The van der Waals surface area contributed by atoms with Crippen molar-refractivity contribution < 1.29 is 22.7 Å².